The number of nitrogens with zero attached hydrogens (tertiary/aromatic N) is 2. The minimum atomic E-state index is 0.931. The van der Waals surface area contributed by atoms with Gasteiger partial charge in [-0.05, 0) is 44.1 Å². The summed E-state index contributed by atoms with van der Waals surface area (Å²) in [4.78, 5) is 5.38. The minimum Gasteiger partial charge on any atom is -0.306 e. The summed E-state index contributed by atoms with van der Waals surface area (Å²) in [5.74, 6) is 2.89. The molecule has 0 amide bonds. The zero-order valence-corrected chi connectivity index (χ0v) is 10.2. The molecule has 2 heteroatoms. The third kappa shape index (κ3) is 1.83. The van der Waals surface area contributed by atoms with Crippen LogP contribution in [-0.2, 0) is 0 Å². The summed E-state index contributed by atoms with van der Waals surface area (Å²) in [6.07, 6.45) is 4.44. The zero-order valence-electron chi connectivity index (χ0n) is 10.2. The fourth-order valence-corrected chi connectivity index (χ4v) is 4.24. The molecule has 3 heterocycles. The molecule has 86 valence electrons. The topological polar surface area (TPSA) is 6.48 Å². The molecule has 3 aliphatic heterocycles. The van der Waals surface area contributed by atoms with Crippen molar-refractivity contribution in [3.8, 4) is 0 Å². The van der Waals surface area contributed by atoms with Crippen molar-refractivity contribution in [2.45, 2.75) is 32.2 Å². The van der Waals surface area contributed by atoms with Crippen LogP contribution in [0.5, 0.6) is 0 Å². The Labute approximate surface area is 93.6 Å². The summed E-state index contributed by atoms with van der Waals surface area (Å²) in [7, 11) is 2.31. The molecule has 2 bridgehead atoms. The average molecular weight is 208 g/mol. The molecule has 0 spiro atoms. The number of likely N-dealkylation sites (tertiary alicyclic amines) is 1. The Hall–Kier alpha value is -0.0800. The van der Waals surface area contributed by atoms with Crippen molar-refractivity contribution < 1.29 is 0 Å². The SMILES string of the molecule is C[C@H]1CC[C@H]2[C@@H]3C[C@@H](CN(C)C3)CN2C1. The lowest BCUT2D eigenvalue weighted by molar-refractivity contribution is -0.0346. The summed E-state index contributed by atoms with van der Waals surface area (Å²) in [5, 5.41) is 0. The van der Waals surface area contributed by atoms with E-state index in [0.29, 0.717) is 0 Å². The van der Waals surface area contributed by atoms with E-state index in [0.717, 1.165) is 23.8 Å². The largest absolute Gasteiger partial charge is 0.306 e. The van der Waals surface area contributed by atoms with Gasteiger partial charge in [0.25, 0.3) is 0 Å². The summed E-state index contributed by atoms with van der Waals surface area (Å²) in [5.41, 5.74) is 0. The number of rotatable bonds is 0. The van der Waals surface area contributed by atoms with Crippen LogP contribution >= 0.6 is 0 Å². The highest BCUT2D eigenvalue weighted by Crippen LogP contribution is 2.38. The van der Waals surface area contributed by atoms with Gasteiger partial charge in [-0.1, -0.05) is 6.92 Å². The summed E-state index contributed by atoms with van der Waals surface area (Å²) in [6.45, 7) is 7.88. The van der Waals surface area contributed by atoms with E-state index >= 15 is 0 Å². The fourth-order valence-electron chi connectivity index (χ4n) is 4.24. The van der Waals surface area contributed by atoms with Gasteiger partial charge >= 0.3 is 0 Å². The van der Waals surface area contributed by atoms with Gasteiger partial charge in [0.1, 0.15) is 0 Å². The highest BCUT2D eigenvalue weighted by atomic mass is 15.2. The first kappa shape index (κ1) is 10.1. The lowest BCUT2D eigenvalue weighted by Gasteiger charge is -2.53. The lowest BCUT2D eigenvalue weighted by Crippen LogP contribution is -2.59. The molecule has 0 radical (unpaired) electrons. The molecular formula is C13H24N2. The lowest BCUT2D eigenvalue weighted by atomic mass is 9.75. The summed E-state index contributed by atoms with van der Waals surface area (Å²) in [6, 6.07) is 0.931. The quantitative estimate of drug-likeness (QED) is 0.597. The van der Waals surface area contributed by atoms with E-state index in [2.05, 4.69) is 23.8 Å². The molecule has 2 nitrogen and oxygen atoms in total. The molecule has 0 unspecified atom stereocenters. The molecule has 0 aromatic rings. The fraction of sp³-hybridized carbons (Fsp3) is 1.00. The Morgan fingerprint density at radius 3 is 2.73 bits per heavy atom. The molecule has 4 atom stereocenters. The first-order valence-electron chi connectivity index (χ1n) is 6.65. The second kappa shape index (κ2) is 3.74. The first-order valence-corrected chi connectivity index (χ1v) is 6.65. The van der Waals surface area contributed by atoms with Crippen molar-refractivity contribution in [3.05, 3.63) is 0 Å². The van der Waals surface area contributed by atoms with Gasteiger partial charge in [0.15, 0.2) is 0 Å². The Bertz CT molecular complexity index is 234. The van der Waals surface area contributed by atoms with Crippen LogP contribution in [-0.4, -0.2) is 49.1 Å². The Kier molecular flexibility index (Phi) is 2.52. The van der Waals surface area contributed by atoms with Crippen molar-refractivity contribution in [2.24, 2.45) is 17.8 Å². The maximum Gasteiger partial charge on any atom is 0.0136 e. The van der Waals surface area contributed by atoms with E-state index in [9.17, 15) is 0 Å². The maximum absolute atomic E-state index is 2.82. The van der Waals surface area contributed by atoms with E-state index in [-0.39, 0.29) is 0 Å². The van der Waals surface area contributed by atoms with Gasteiger partial charge in [-0.2, -0.15) is 0 Å². The van der Waals surface area contributed by atoms with E-state index in [1.165, 1.54) is 45.4 Å². The molecule has 3 aliphatic rings. The molecule has 3 saturated heterocycles. The first-order chi connectivity index (χ1) is 7.22. The molecule has 0 N–H and O–H groups in total. The number of hydrogen-bond acceptors (Lipinski definition) is 2. The molecule has 0 aromatic heterocycles. The van der Waals surface area contributed by atoms with E-state index in [1.807, 2.05) is 0 Å². The van der Waals surface area contributed by atoms with Crippen LogP contribution in [0, 0.1) is 17.8 Å². The third-order valence-corrected chi connectivity index (χ3v) is 4.76. The second-order valence-corrected chi connectivity index (χ2v) is 6.29. The van der Waals surface area contributed by atoms with Crippen LogP contribution in [0.4, 0.5) is 0 Å². The van der Waals surface area contributed by atoms with E-state index in [4.69, 9.17) is 0 Å². The summed E-state index contributed by atoms with van der Waals surface area (Å²) >= 11 is 0. The average Bonchev–Trinajstić information content (AvgIpc) is 2.15. The van der Waals surface area contributed by atoms with E-state index in [1.54, 1.807) is 0 Å². The maximum atomic E-state index is 2.82. The van der Waals surface area contributed by atoms with Gasteiger partial charge in [-0.3, -0.25) is 4.90 Å². The normalized spacial score (nSPS) is 47.6. The van der Waals surface area contributed by atoms with Gasteiger partial charge in [0.05, 0.1) is 0 Å². The third-order valence-electron chi connectivity index (χ3n) is 4.76. The predicted molar refractivity (Wildman–Crippen MR) is 62.9 cm³/mol. The highest BCUT2D eigenvalue weighted by molar-refractivity contribution is 4.95. The van der Waals surface area contributed by atoms with Gasteiger partial charge in [0.2, 0.25) is 0 Å². The number of hydrogen-bond donors (Lipinski definition) is 0. The smallest absolute Gasteiger partial charge is 0.0136 e. The highest BCUT2D eigenvalue weighted by Gasteiger charge is 2.41. The molecule has 15 heavy (non-hydrogen) atoms. The zero-order chi connectivity index (χ0) is 10.4. The molecule has 0 aromatic carbocycles. The molecular weight excluding hydrogens is 184 g/mol. The van der Waals surface area contributed by atoms with Crippen molar-refractivity contribution in [3.63, 3.8) is 0 Å². The molecule has 3 rings (SSSR count). The molecule has 3 fully saturated rings. The van der Waals surface area contributed by atoms with Crippen LogP contribution in [0.2, 0.25) is 0 Å². The van der Waals surface area contributed by atoms with Crippen molar-refractivity contribution in [2.75, 3.05) is 33.2 Å². The Morgan fingerprint density at radius 1 is 1.00 bits per heavy atom. The molecule has 0 aliphatic carbocycles. The number of fused-ring (bicyclic) bond motifs is 4. The van der Waals surface area contributed by atoms with Crippen molar-refractivity contribution in [1.82, 2.24) is 9.80 Å². The monoisotopic (exact) mass is 208 g/mol. The summed E-state index contributed by atoms with van der Waals surface area (Å²) < 4.78 is 0. The van der Waals surface area contributed by atoms with Crippen molar-refractivity contribution in [1.29, 1.82) is 0 Å². The van der Waals surface area contributed by atoms with Crippen LogP contribution in [0.25, 0.3) is 0 Å². The van der Waals surface area contributed by atoms with Crippen LogP contribution < -0.4 is 0 Å². The standard InChI is InChI=1S/C13H24N2/c1-10-3-4-13-12-5-11(7-14(2)9-12)8-15(13)6-10/h10-13H,3-9H2,1-2H3/t10-,11-,12+,13-/m0/s1. The van der Waals surface area contributed by atoms with Crippen molar-refractivity contribution >= 4 is 0 Å². The Balaban J connectivity index is 1.75. The predicted octanol–water partition coefficient (Wildman–Crippen LogP) is 1.67. The van der Waals surface area contributed by atoms with Gasteiger partial charge in [0, 0.05) is 32.2 Å². The van der Waals surface area contributed by atoms with Gasteiger partial charge in [-0.15, -0.1) is 0 Å². The molecule has 0 saturated carbocycles. The second-order valence-electron chi connectivity index (χ2n) is 6.29. The van der Waals surface area contributed by atoms with Crippen LogP contribution in [0.15, 0.2) is 0 Å². The minimum absolute atomic E-state index is 0.931. The van der Waals surface area contributed by atoms with Crippen LogP contribution in [0.1, 0.15) is 26.2 Å². The van der Waals surface area contributed by atoms with Crippen LogP contribution in [0.3, 0.4) is 0 Å². The van der Waals surface area contributed by atoms with Gasteiger partial charge in [-0.25, -0.2) is 0 Å². The van der Waals surface area contributed by atoms with E-state index < -0.39 is 0 Å². The number of piperidine rings is 3. The Morgan fingerprint density at radius 2 is 1.87 bits per heavy atom. The van der Waals surface area contributed by atoms with Gasteiger partial charge < -0.3 is 4.90 Å².